The number of thiazole rings is 1. The van der Waals surface area contributed by atoms with Crippen molar-refractivity contribution < 1.29 is 14.6 Å². The fourth-order valence-corrected chi connectivity index (χ4v) is 4.17. The number of rotatable bonds is 4. The highest BCUT2D eigenvalue weighted by molar-refractivity contribution is 7.13. The Hall–Kier alpha value is -1.63. The first kappa shape index (κ1) is 15.9. The molecule has 1 fully saturated rings. The van der Waals surface area contributed by atoms with Gasteiger partial charge in [-0.15, -0.1) is 11.3 Å². The molecule has 1 N–H and O–H groups in total. The zero-order valence-electron chi connectivity index (χ0n) is 13.8. The molecular formula is C18H22N2O3S. The summed E-state index contributed by atoms with van der Waals surface area (Å²) in [6.07, 6.45) is 1.94. The van der Waals surface area contributed by atoms with Gasteiger partial charge in [-0.25, -0.2) is 4.98 Å². The molecule has 2 aromatic rings. The summed E-state index contributed by atoms with van der Waals surface area (Å²) in [5, 5.41) is 12.9. The number of aromatic nitrogens is 1. The molecule has 1 atom stereocenters. The minimum Gasteiger partial charge on any atom is -0.454 e. The molecule has 1 aromatic heterocycles. The van der Waals surface area contributed by atoms with Gasteiger partial charge >= 0.3 is 0 Å². The smallest absolute Gasteiger partial charge is 0.231 e. The van der Waals surface area contributed by atoms with Crippen molar-refractivity contribution in [2.24, 2.45) is 5.92 Å². The number of hydrogen-bond donors (Lipinski definition) is 1. The van der Waals surface area contributed by atoms with Crippen molar-refractivity contribution in [3.05, 3.63) is 29.3 Å². The zero-order chi connectivity index (χ0) is 16.5. The Morgan fingerprint density at radius 2 is 2.08 bits per heavy atom. The maximum absolute atomic E-state index is 9.70. The van der Waals surface area contributed by atoms with Crippen molar-refractivity contribution >= 4 is 11.3 Å². The molecule has 0 amide bonds. The van der Waals surface area contributed by atoms with Crippen molar-refractivity contribution in [1.82, 2.24) is 9.88 Å². The van der Waals surface area contributed by atoms with E-state index in [9.17, 15) is 5.11 Å². The van der Waals surface area contributed by atoms with Crippen LogP contribution in [0.25, 0.3) is 10.6 Å². The van der Waals surface area contributed by atoms with Gasteiger partial charge in [-0.1, -0.05) is 0 Å². The van der Waals surface area contributed by atoms with E-state index in [0.717, 1.165) is 60.2 Å². The summed E-state index contributed by atoms with van der Waals surface area (Å²) < 4.78 is 10.8. The van der Waals surface area contributed by atoms with Gasteiger partial charge in [-0.3, -0.25) is 4.90 Å². The monoisotopic (exact) mass is 346 g/mol. The normalized spacial score (nSPS) is 19.6. The molecule has 0 spiro atoms. The third kappa shape index (κ3) is 3.27. The molecule has 1 unspecified atom stereocenters. The van der Waals surface area contributed by atoms with Gasteiger partial charge in [0.05, 0.1) is 11.8 Å². The Labute approximate surface area is 145 Å². The number of likely N-dealkylation sites (tertiary alicyclic amines) is 1. The lowest BCUT2D eigenvalue weighted by Gasteiger charge is -2.32. The second-order valence-corrected chi connectivity index (χ2v) is 7.42. The molecule has 5 nitrogen and oxygen atoms in total. The van der Waals surface area contributed by atoms with Gasteiger partial charge in [0, 0.05) is 17.5 Å². The summed E-state index contributed by atoms with van der Waals surface area (Å²) in [4.78, 5) is 7.21. The number of hydrogen-bond acceptors (Lipinski definition) is 6. The van der Waals surface area contributed by atoms with Crippen molar-refractivity contribution in [3.8, 4) is 22.1 Å². The average Bonchev–Trinajstić information content (AvgIpc) is 3.23. The first-order valence-corrected chi connectivity index (χ1v) is 9.32. The predicted molar refractivity (Wildman–Crippen MR) is 93.4 cm³/mol. The summed E-state index contributed by atoms with van der Waals surface area (Å²) in [6.45, 7) is 5.15. The second-order valence-electron chi connectivity index (χ2n) is 6.57. The SMILES string of the molecule is CC(O)C1CCN(Cc2csc(-c3ccc4c(c3)OCO4)n2)CC1. The van der Waals surface area contributed by atoms with E-state index >= 15 is 0 Å². The van der Waals surface area contributed by atoms with Crippen LogP contribution in [0.5, 0.6) is 11.5 Å². The lowest BCUT2D eigenvalue weighted by Crippen LogP contribution is -2.36. The summed E-state index contributed by atoms with van der Waals surface area (Å²) >= 11 is 1.67. The van der Waals surface area contributed by atoms with E-state index in [0.29, 0.717) is 12.7 Å². The first-order chi connectivity index (χ1) is 11.7. The summed E-state index contributed by atoms with van der Waals surface area (Å²) in [7, 11) is 0. The molecule has 0 radical (unpaired) electrons. The number of ether oxygens (including phenoxy) is 2. The van der Waals surface area contributed by atoms with Gasteiger partial charge in [0.2, 0.25) is 6.79 Å². The third-order valence-electron chi connectivity index (χ3n) is 4.87. The van der Waals surface area contributed by atoms with Gasteiger partial charge in [0.15, 0.2) is 11.5 Å². The van der Waals surface area contributed by atoms with Crippen LogP contribution < -0.4 is 9.47 Å². The maximum Gasteiger partial charge on any atom is 0.231 e. The summed E-state index contributed by atoms with van der Waals surface area (Å²) in [6, 6.07) is 5.98. The number of benzene rings is 1. The van der Waals surface area contributed by atoms with Crippen molar-refractivity contribution in [3.63, 3.8) is 0 Å². The number of fused-ring (bicyclic) bond motifs is 1. The standard InChI is InChI=1S/C18H22N2O3S/c1-12(21)13-4-6-20(7-5-13)9-15-10-24-18(19-15)14-2-3-16-17(8-14)23-11-22-16/h2-3,8,10,12-13,21H,4-7,9,11H2,1H3. The van der Waals surface area contributed by atoms with E-state index in [1.165, 1.54) is 0 Å². The van der Waals surface area contributed by atoms with Crippen LogP contribution in [0, 0.1) is 5.92 Å². The molecule has 2 aliphatic heterocycles. The Bertz CT molecular complexity index is 708. The van der Waals surface area contributed by atoms with E-state index in [2.05, 4.69) is 10.3 Å². The predicted octanol–water partition coefficient (Wildman–Crippen LogP) is 3.13. The molecular weight excluding hydrogens is 324 g/mol. The largest absolute Gasteiger partial charge is 0.454 e. The fraction of sp³-hybridized carbons (Fsp3) is 0.500. The molecule has 128 valence electrons. The number of nitrogens with zero attached hydrogens (tertiary/aromatic N) is 2. The van der Waals surface area contributed by atoms with Gasteiger partial charge in [-0.05, 0) is 57.0 Å². The molecule has 0 aliphatic carbocycles. The van der Waals surface area contributed by atoms with Crippen LogP contribution in [0.15, 0.2) is 23.6 Å². The van der Waals surface area contributed by atoms with Gasteiger partial charge in [0.1, 0.15) is 5.01 Å². The minimum atomic E-state index is -0.191. The first-order valence-electron chi connectivity index (χ1n) is 8.44. The molecule has 4 rings (SSSR count). The molecule has 24 heavy (non-hydrogen) atoms. The lowest BCUT2D eigenvalue weighted by molar-refractivity contribution is 0.0692. The van der Waals surface area contributed by atoms with E-state index in [-0.39, 0.29) is 6.10 Å². The van der Waals surface area contributed by atoms with Gasteiger partial charge in [0.25, 0.3) is 0 Å². The molecule has 1 aromatic carbocycles. The van der Waals surface area contributed by atoms with Crippen molar-refractivity contribution in [1.29, 1.82) is 0 Å². The Balaban J connectivity index is 1.40. The Morgan fingerprint density at radius 1 is 1.29 bits per heavy atom. The van der Waals surface area contributed by atoms with Crippen molar-refractivity contribution in [2.75, 3.05) is 19.9 Å². The Kier molecular flexibility index (Phi) is 4.43. The highest BCUT2D eigenvalue weighted by Crippen LogP contribution is 2.36. The Morgan fingerprint density at radius 3 is 2.88 bits per heavy atom. The topological polar surface area (TPSA) is 54.8 Å². The van der Waals surface area contributed by atoms with E-state index in [1.807, 2.05) is 25.1 Å². The number of piperidine rings is 1. The third-order valence-corrected chi connectivity index (χ3v) is 5.81. The number of aliphatic hydroxyl groups is 1. The fourth-order valence-electron chi connectivity index (χ4n) is 3.36. The highest BCUT2D eigenvalue weighted by atomic mass is 32.1. The van der Waals surface area contributed by atoms with Gasteiger partial charge in [-0.2, -0.15) is 0 Å². The van der Waals surface area contributed by atoms with Crippen LogP contribution in [0.2, 0.25) is 0 Å². The number of aliphatic hydroxyl groups excluding tert-OH is 1. The van der Waals surface area contributed by atoms with Gasteiger partial charge < -0.3 is 14.6 Å². The molecule has 2 aliphatic rings. The van der Waals surface area contributed by atoms with Crippen LogP contribution in [-0.4, -0.2) is 41.0 Å². The van der Waals surface area contributed by atoms with Crippen LogP contribution in [-0.2, 0) is 6.54 Å². The van der Waals surface area contributed by atoms with E-state index < -0.39 is 0 Å². The molecule has 0 saturated carbocycles. The molecule has 3 heterocycles. The van der Waals surface area contributed by atoms with E-state index in [1.54, 1.807) is 11.3 Å². The molecule has 0 bridgehead atoms. The molecule has 1 saturated heterocycles. The maximum atomic E-state index is 9.70. The quantitative estimate of drug-likeness (QED) is 0.922. The second kappa shape index (κ2) is 6.70. The van der Waals surface area contributed by atoms with Crippen molar-refractivity contribution in [2.45, 2.75) is 32.4 Å². The summed E-state index contributed by atoms with van der Waals surface area (Å²) in [5.74, 6) is 2.04. The van der Waals surface area contributed by atoms with E-state index in [4.69, 9.17) is 14.5 Å². The zero-order valence-corrected chi connectivity index (χ0v) is 14.6. The molecule has 6 heteroatoms. The van der Waals surface area contributed by atoms with Crippen LogP contribution in [0.4, 0.5) is 0 Å². The minimum absolute atomic E-state index is 0.191. The van der Waals surface area contributed by atoms with Crippen LogP contribution in [0.3, 0.4) is 0 Å². The highest BCUT2D eigenvalue weighted by Gasteiger charge is 2.23. The lowest BCUT2D eigenvalue weighted by atomic mass is 9.92. The summed E-state index contributed by atoms with van der Waals surface area (Å²) in [5.41, 5.74) is 2.19. The van der Waals surface area contributed by atoms with Crippen LogP contribution in [0.1, 0.15) is 25.5 Å². The van der Waals surface area contributed by atoms with Crippen LogP contribution >= 0.6 is 11.3 Å². The average molecular weight is 346 g/mol.